The molecule has 0 fully saturated rings. The Morgan fingerprint density at radius 1 is 0.621 bits per heavy atom. The van der Waals surface area contributed by atoms with Gasteiger partial charge in [-0.15, -0.1) is 0 Å². The predicted octanol–water partition coefficient (Wildman–Crippen LogP) is 3.28. The Kier molecular flexibility index (Phi) is 8.09. The summed E-state index contributed by atoms with van der Waals surface area (Å²) in [6.07, 6.45) is 0.639. The van der Waals surface area contributed by atoms with E-state index in [0.29, 0.717) is 19.5 Å². The van der Waals surface area contributed by atoms with Gasteiger partial charge in [0.15, 0.2) is 0 Å². The zero-order valence-corrected chi connectivity index (χ0v) is 15.9. The largest absolute Gasteiger partial charge is 0.478 e. The number of carbonyl (C=O) groups is 2. The molecule has 0 unspecified atom stereocenters. The Labute approximate surface area is 169 Å². The van der Waals surface area contributed by atoms with Gasteiger partial charge in [0.05, 0.1) is 11.1 Å². The van der Waals surface area contributed by atoms with Crippen molar-refractivity contribution in [2.24, 2.45) is 11.5 Å². The second-order valence-corrected chi connectivity index (χ2v) is 6.41. The van der Waals surface area contributed by atoms with Gasteiger partial charge in [0.25, 0.3) is 0 Å². The number of carboxylic acid groups (broad SMARTS) is 2. The van der Waals surface area contributed by atoms with Crippen LogP contribution in [0.1, 0.15) is 43.0 Å². The average Bonchev–Trinajstić information content (AvgIpc) is 2.75. The molecule has 3 rings (SSSR count). The van der Waals surface area contributed by atoms with Crippen LogP contribution in [0.5, 0.6) is 0 Å². The molecule has 0 atom stereocenters. The quantitative estimate of drug-likeness (QED) is 0.510. The van der Waals surface area contributed by atoms with E-state index >= 15 is 0 Å². The first-order chi connectivity index (χ1) is 13.9. The molecule has 0 aliphatic heterocycles. The van der Waals surface area contributed by atoms with Crippen molar-refractivity contribution in [2.75, 3.05) is 0 Å². The Hall–Kier alpha value is -3.48. The standard InChI is InChI=1S/C15H12O4.C8H12N2/c16-14(17)12-5-1-10(2-6-12)9-11-3-7-13(8-4-11)15(18)19;9-5-7-2-1-3-8(4-7)6-10/h1-8H,9H2,(H,16,17)(H,18,19);1-4H,5-6,9-10H2. The van der Waals surface area contributed by atoms with E-state index in [0.717, 1.165) is 22.3 Å². The lowest BCUT2D eigenvalue weighted by Gasteiger charge is -2.03. The molecule has 6 nitrogen and oxygen atoms in total. The highest BCUT2D eigenvalue weighted by molar-refractivity contribution is 5.88. The van der Waals surface area contributed by atoms with Gasteiger partial charge >= 0.3 is 11.9 Å². The van der Waals surface area contributed by atoms with Crippen molar-refractivity contribution in [2.45, 2.75) is 19.5 Å². The Bertz CT molecular complexity index is 877. The molecular formula is C23H24N2O4. The van der Waals surface area contributed by atoms with Gasteiger partial charge in [-0.2, -0.15) is 0 Å². The number of hydrogen-bond donors (Lipinski definition) is 4. The third-order valence-electron chi connectivity index (χ3n) is 4.27. The molecule has 0 radical (unpaired) electrons. The summed E-state index contributed by atoms with van der Waals surface area (Å²) in [5, 5.41) is 17.6. The fourth-order valence-corrected chi connectivity index (χ4v) is 2.65. The van der Waals surface area contributed by atoms with Gasteiger partial charge in [-0.25, -0.2) is 9.59 Å². The summed E-state index contributed by atoms with van der Waals surface area (Å²) in [5.41, 5.74) is 15.6. The lowest BCUT2D eigenvalue weighted by atomic mass is 10.0. The zero-order chi connectivity index (χ0) is 21.2. The Balaban J connectivity index is 0.000000253. The van der Waals surface area contributed by atoms with Crippen molar-refractivity contribution in [3.8, 4) is 0 Å². The first-order valence-electron chi connectivity index (χ1n) is 9.05. The van der Waals surface area contributed by atoms with Crippen LogP contribution in [0.3, 0.4) is 0 Å². The van der Waals surface area contributed by atoms with Crippen molar-refractivity contribution in [1.29, 1.82) is 0 Å². The Morgan fingerprint density at radius 3 is 1.31 bits per heavy atom. The molecule has 6 N–H and O–H groups in total. The fraction of sp³-hybridized carbons (Fsp3) is 0.130. The normalized spacial score (nSPS) is 10.0. The molecule has 0 aliphatic carbocycles. The molecule has 0 saturated heterocycles. The minimum absolute atomic E-state index is 0.255. The van der Waals surface area contributed by atoms with Gasteiger partial charge in [0.1, 0.15) is 0 Å². The summed E-state index contributed by atoms with van der Waals surface area (Å²) >= 11 is 0. The molecule has 0 spiro atoms. The molecular weight excluding hydrogens is 368 g/mol. The van der Waals surface area contributed by atoms with Crippen molar-refractivity contribution < 1.29 is 19.8 Å². The molecule has 0 heterocycles. The van der Waals surface area contributed by atoms with Crippen LogP contribution in [0, 0.1) is 0 Å². The van der Waals surface area contributed by atoms with E-state index in [-0.39, 0.29) is 11.1 Å². The number of rotatable bonds is 6. The summed E-state index contributed by atoms with van der Waals surface area (Å²) in [6, 6.07) is 21.3. The van der Waals surface area contributed by atoms with Gasteiger partial charge in [-0.3, -0.25) is 0 Å². The van der Waals surface area contributed by atoms with E-state index in [1.165, 1.54) is 0 Å². The highest BCUT2D eigenvalue weighted by Crippen LogP contribution is 2.12. The summed E-state index contributed by atoms with van der Waals surface area (Å²) < 4.78 is 0. The second kappa shape index (κ2) is 10.8. The molecule has 0 bridgehead atoms. The first kappa shape index (κ1) is 21.8. The van der Waals surface area contributed by atoms with Crippen molar-refractivity contribution in [3.05, 3.63) is 106 Å². The van der Waals surface area contributed by atoms with E-state index in [1.54, 1.807) is 48.5 Å². The third-order valence-corrected chi connectivity index (χ3v) is 4.27. The van der Waals surface area contributed by atoms with Crippen molar-refractivity contribution >= 4 is 11.9 Å². The van der Waals surface area contributed by atoms with E-state index in [2.05, 4.69) is 0 Å². The lowest BCUT2D eigenvalue weighted by Crippen LogP contribution is -2.00. The van der Waals surface area contributed by atoms with E-state index in [4.69, 9.17) is 21.7 Å². The van der Waals surface area contributed by atoms with E-state index < -0.39 is 11.9 Å². The lowest BCUT2D eigenvalue weighted by molar-refractivity contribution is 0.0686. The molecule has 150 valence electrons. The van der Waals surface area contributed by atoms with Crippen LogP contribution >= 0.6 is 0 Å². The predicted molar refractivity (Wildman–Crippen MR) is 112 cm³/mol. The summed E-state index contributed by atoms with van der Waals surface area (Å²) in [6.45, 7) is 1.18. The summed E-state index contributed by atoms with van der Waals surface area (Å²) in [4.78, 5) is 21.4. The SMILES string of the molecule is NCc1cccc(CN)c1.O=C(O)c1ccc(Cc2ccc(C(=O)O)cc2)cc1. The zero-order valence-electron chi connectivity index (χ0n) is 15.9. The molecule has 0 saturated carbocycles. The van der Waals surface area contributed by atoms with Gasteiger partial charge < -0.3 is 21.7 Å². The van der Waals surface area contributed by atoms with Crippen LogP contribution in [0.4, 0.5) is 0 Å². The molecule has 3 aromatic carbocycles. The van der Waals surface area contributed by atoms with E-state index in [9.17, 15) is 9.59 Å². The second-order valence-electron chi connectivity index (χ2n) is 6.41. The molecule has 3 aromatic rings. The molecule has 0 aromatic heterocycles. The number of carboxylic acids is 2. The van der Waals surface area contributed by atoms with Crippen molar-refractivity contribution in [3.63, 3.8) is 0 Å². The minimum Gasteiger partial charge on any atom is -0.478 e. The molecule has 0 amide bonds. The molecule has 29 heavy (non-hydrogen) atoms. The maximum Gasteiger partial charge on any atom is 0.335 e. The van der Waals surface area contributed by atoms with Crippen LogP contribution in [0.15, 0.2) is 72.8 Å². The Morgan fingerprint density at radius 2 is 1.00 bits per heavy atom. The highest BCUT2D eigenvalue weighted by atomic mass is 16.4. The van der Waals surface area contributed by atoms with Gasteiger partial charge in [-0.1, -0.05) is 48.5 Å². The van der Waals surface area contributed by atoms with E-state index in [1.807, 2.05) is 24.3 Å². The maximum absolute atomic E-state index is 10.7. The minimum atomic E-state index is -0.947. The number of hydrogen-bond acceptors (Lipinski definition) is 4. The maximum atomic E-state index is 10.7. The number of nitrogens with two attached hydrogens (primary N) is 2. The molecule has 6 heteroatoms. The average molecular weight is 392 g/mol. The van der Waals surface area contributed by atoms with Crippen LogP contribution < -0.4 is 11.5 Å². The fourth-order valence-electron chi connectivity index (χ4n) is 2.65. The first-order valence-corrected chi connectivity index (χ1v) is 9.05. The van der Waals surface area contributed by atoms with Gasteiger partial charge in [0, 0.05) is 13.1 Å². The van der Waals surface area contributed by atoms with Crippen LogP contribution in [-0.4, -0.2) is 22.2 Å². The number of aromatic carboxylic acids is 2. The monoisotopic (exact) mass is 392 g/mol. The highest BCUT2D eigenvalue weighted by Gasteiger charge is 2.04. The summed E-state index contributed by atoms with van der Waals surface area (Å²) in [7, 11) is 0. The van der Waals surface area contributed by atoms with Gasteiger partial charge in [-0.05, 0) is 52.9 Å². The van der Waals surface area contributed by atoms with Crippen LogP contribution in [0.2, 0.25) is 0 Å². The third kappa shape index (κ3) is 6.88. The van der Waals surface area contributed by atoms with Crippen LogP contribution in [-0.2, 0) is 19.5 Å². The van der Waals surface area contributed by atoms with Gasteiger partial charge in [0.2, 0.25) is 0 Å². The smallest absolute Gasteiger partial charge is 0.335 e. The summed E-state index contributed by atoms with van der Waals surface area (Å²) in [5.74, 6) is -1.89. The van der Waals surface area contributed by atoms with Crippen LogP contribution in [0.25, 0.3) is 0 Å². The topological polar surface area (TPSA) is 127 Å². The number of benzene rings is 3. The molecule has 0 aliphatic rings. The van der Waals surface area contributed by atoms with Crippen molar-refractivity contribution in [1.82, 2.24) is 0 Å².